The zero-order chi connectivity index (χ0) is 19.0. The first-order valence-corrected chi connectivity index (χ1v) is 8.20. The molecule has 0 atom stereocenters. The number of hydrogen-bond acceptors (Lipinski definition) is 7. The van der Waals surface area contributed by atoms with E-state index in [1.54, 1.807) is 38.5 Å². The largest absolute Gasteiger partial charge is 0.493 e. The van der Waals surface area contributed by atoms with Crippen LogP contribution in [-0.4, -0.2) is 39.6 Å². The van der Waals surface area contributed by atoms with Gasteiger partial charge < -0.3 is 23.8 Å². The normalized spacial score (nSPS) is 16.0. The predicted octanol–water partition coefficient (Wildman–Crippen LogP) is 3.06. The molecule has 0 bridgehead atoms. The number of carbonyl (C=O) groups excluding carboxylic acids is 1. The van der Waals surface area contributed by atoms with E-state index in [-0.39, 0.29) is 12.6 Å². The highest BCUT2D eigenvalue weighted by Gasteiger charge is 2.29. The van der Waals surface area contributed by atoms with Gasteiger partial charge in [0.2, 0.25) is 6.79 Å². The van der Waals surface area contributed by atoms with Crippen LogP contribution in [0.25, 0.3) is 5.57 Å². The van der Waals surface area contributed by atoms with E-state index in [1.807, 2.05) is 6.07 Å². The topological polar surface area (TPSA) is 75.6 Å². The van der Waals surface area contributed by atoms with Crippen molar-refractivity contribution in [1.29, 1.82) is 0 Å². The monoisotopic (exact) mass is 367 g/mol. The second kappa shape index (κ2) is 6.68. The van der Waals surface area contributed by atoms with Gasteiger partial charge in [0.25, 0.3) is 0 Å². The third-order valence-electron chi connectivity index (χ3n) is 4.44. The number of nitrogens with zero attached hydrogens (tertiary/aromatic N) is 1. The van der Waals surface area contributed by atoms with E-state index in [0.717, 1.165) is 5.56 Å². The molecule has 27 heavy (non-hydrogen) atoms. The number of benzene rings is 2. The van der Waals surface area contributed by atoms with Gasteiger partial charge in [-0.1, -0.05) is 11.2 Å². The summed E-state index contributed by atoms with van der Waals surface area (Å²) in [5.41, 5.74) is 3.00. The van der Waals surface area contributed by atoms with Crippen molar-refractivity contribution in [1.82, 2.24) is 0 Å². The number of oxime groups is 1. The number of methoxy groups -OCH3 is 2. The molecular weight excluding hydrogens is 350 g/mol. The van der Waals surface area contributed by atoms with Gasteiger partial charge in [-0.05, 0) is 35.9 Å². The van der Waals surface area contributed by atoms with E-state index in [2.05, 4.69) is 5.16 Å². The van der Waals surface area contributed by atoms with E-state index in [1.165, 1.54) is 13.2 Å². The summed E-state index contributed by atoms with van der Waals surface area (Å²) in [6.07, 6.45) is 1.53. The van der Waals surface area contributed by atoms with Gasteiger partial charge in [0, 0.05) is 16.7 Å². The standard InChI is InChI=1S/C20H17NO6/c1-23-16-5-4-11(6-17(16)24-2)12-7-15(22)13-8-18-19(27-10-26-18)9-14(13)20(12)21-25-3/h4-9H,10H2,1-3H3/b21-20+. The highest BCUT2D eigenvalue weighted by Crippen LogP contribution is 2.40. The minimum Gasteiger partial charge on any atom is -0.493 e. The Bertz CT molecular complexity index is 992. The number of hydrogen-bond donors (Lipinski definition) is 0. The molecule has 0 saturated heterocycles. The van der Waals surface area contributed by atoms with Crippen molar-refractivity contribution in [3.8, 4) is 23.0 Å². The Morgan fingerprint density at radius 2 is 1.63 bits per heavy atom. The van der Waals surface area contributed by atoms with Crippen LogP contribution in [0.15, 0.2) is 41.6 Å². The average Bonchev–Trinajstić information content (AvgIpc) is 3.16. The Morgan fingerprint density at radius 1 is 0.926 bits per heavy atom. The summed E-state index contributed by atoms with van der Waals surface area (Å²) >= 11 is 0. The maximum absolute atomic E-state index is 12.8. The van der Waals surface area contributed by atoms with Gasteiger partial charge in [-0.2, -0.15) is 0 Å². The van der Waals surface area contributed by atoms with Crippen LogP contribution >= 0.6 is 0 Å². The maximum atomic E-state index is 12.8. The molecule has 0 spiro atoms. The molecule has 0 amide bonds. The van der Waals surface area contributed by atoms with Crippen LogP contribution < -0.4 is 18.9 Å². The van der Waals surface area contributed by atoms with Crippen LogP contribution in [0.1, 0.15) is 21.5 Å². The van der Waals surface area contributed by atoms with Gasteiger partial charge in [-0.25, -0.2) is 0 Å². The molecule has 0 saturated carbocycles. The number of ketones is 1. The highest BCUT2D eigenvalue weighted by atomic mass is 16.7. The number of fused-ring (bicyclic) bond motifs is 2. The Balaban J connectivity index is 1.87. The molecule has 7 heteroatoms. The Hall–Kier alpha value is -3.48. The molecule has 4 rings (SSSR count). The first-order chi connectivity index (χ1) is 13.2. The highest BCUT2D eigenvalue weighted by molar-refractivity contribution is 6.40. The van der Waals surface area contributed by atoms with Crippen molar-refractivity contribution < 1.29 is 28.6 Å². The zero-order valence-electron chi connectivity index (χ0n) is 15.1. The first kappa shape index (κ1) is 17.0. The summed E-state index contributed by atoms with van der Waals surface area (Å²) in [5, 5.41) is 4.17. The van der Waals surface area contributed by atoms with Crippen LogP contribution in [0, 0.1) is 0 Å². The fourth-order valence-corrected chi connectivity index (χ4v) is 3.18. The van der Waals surface area contributed by atoms with Gasteiger partial charge in [0.05, 0.1) is 14.2 Å². The number of ether oxygens (including phenoxy) is 4. The summed E-state index contributed by atoms with van der Waals surface area (Å²) < 4.78 is 21.5. The fourth-order valence-electron chi connectivity index (χ4n) is 3.18. The third kappa shape index (κ3) is 2.77. The minimum absolute atomic E-state index is 0.124. The minimum atomic E-state index is -0.150. The van der Waals surface area contributed by atoms with Gasteiger partial charge >= 0.3 is 0 Å². The molecule has 0 N–H and O–H groups in total. The summed E-state index contributed by atoms with van der Waals surface area (Å²) in [7, 11) is 4.59. The smallest absolute Gasteiger partial charge is 0.231 e. The Kier molecular flexibility index (Phi) is 4.19. The Morgan fingerprint density at radius 3 is 2.30 bits per heavy atom. The number of allylic oxidation sites excluding steroid dienone is 2. The molecule has 1 aliphatic carbocycles. The third-order valence-corrected chi connectivity index (χ3v) is 4.44. The van der Waals surface area contributed by atoms with Crippen LogP contribution in [0.4, 0.5) is 0 Å². The number of rotatable bonds is 4. The Labute approximate surface area is 155 Å². The van der Waals surface area contributed by atoms with E-state index in [4.69, 9.17) is 23.8 Å². The molecule has 2 aromatic carbocycles. The van der Waals surface area contributed by atoms with E-state index >= 15 is 0 Å². The molecule has 1 aliphatic heterocycles. The predicted molar refractivity (Wildman–Crippen MR) is 98.0 cm³/mol. The molecule has 0 radical (unpaired) electrons. The number of carbonyl (C=O) groups is 1. The first-order valence-electron chi connectivity index (χ1n) is 8.20. The van der Waals surface area contributed by atoms with E-state index < -0.39 is 0 Å². The van der Waals surface area contributed by atoms with Crippen LogP contribution in [-0.2, 0) is 4.84 Å². The summed E-state index contributed by atoms with van der Waals surface area (Å²) in [6, 6.07) is 8.83. The second-order valence-corrected chi connectivity index (χ2v) is 5.87. The SMILES string of the molecule is CO/N=C1\C(c2ccc(OC)c(OC)c2)=CC(=O)c2cc3c(cc21)OCO3. The van der Waals surface area contributed by atoms with Crippen molar-refractivity contribution in [2.45, 2.75) is 0 Å². The van der Waals surface area contributed by atoms with Crippen molar-refractivity contribution in [3.05, 3.63) is 53.1 Å². The zero-order valence-corrected chi connectivity index (χ0v) is 15.1. The quantitative estimate of drug-likeness (QED) is 0.773. The molecular formula is C20H17NO6. The van der Waals surface area contributed by atoms with Crippen molar-refractivity contribution in [2.24, 2.45) is 5.16 Å². The molecule has 0 fully saturated rings. The maximum Gasteiger partial charge on any atom is 0.231 e. The fraction of sp³-hybridized carbons (Fsp3) is 0.200. The van der Waals surface area contributed by atoms with Crippen molar-refractivity contribution in [3.63, 3.8) is 0 Å². The van der Waals surface area contributed by atoms with Gasteiger partial charge in [-0.15, -0.1) is 0 Å². The van der Waals surface area contributed by atoms with Crippen LogP contribution in [0.2, 0.25) is 0 Å². The summed E-state index contributed by atoms with van der Waals surface area (Å²) in [5.74, 6) is 2.11. The van der Waals surface area contributed by atoms with Crippen molar-refractivity contribution >= 4 is 17.1 Å². The van der Waals surface area contributed by atoms with Crippen LogP contribution in [0.3, 0.4) is 0 Å². The molecule has 138 valence electrons. The van der Waals surface area contributed by atoms with E-state index in [0.29, 0.717) is 45.4 Å². The molecule has 7 nitrogen and oxygen atoms in total. The summed E-state index contributed by atoms with van der Waals surface area (Å²) in [6.45, 7) is 0.124. The summed E-state index contributed by atoms with van der Waals surface area (Å²) in [4.78, 5) is 17.8. The van der Waals surface area contributed by atoms with E-state index in [9.17, 15) is 4.79 Å². The lowest BCUT2D eigenvalue weighted by Crippen LogP contribution is -2.17. The lowest BCUT2D eigenvalue weighted by atomic mass is 9.85. The molecule has 0 aromatic heterocycles. The average molecular weight is 367 g/mol. The lowest BCUT2D eigenvalue weighted by molar-refractivity contribution is 0.104. The molecule has 0 unspecified atom stereocenters. The van der Waals surface area contributed by atoms with Crippen LogP contribution in [0.5, 0.6) is 23.0 Å². The van der Waals surface area contributed by atoms with Gasteiger partial charge in [0.1, 0.15) is 12.8 Å². The van der Waals surface area contributed by atoms with Gasteiger partial charge in [-0.3, -0.25) is 4.79 Å². The molecule has 1 heterocycles. The second-order valence-electron chi connectivity index (χ2n) is 5.87. The van der Waals surface area contributed by atoms with Crippen molar-refractivity contribution in [2.75, 3.05) is 28.1 Å². The lowest BCUT2D eigenvalue weighted by Gasteiger charge is -2.19. The molecule has 2 aromatic rings. The molecule has 2 aliphatic rings. The van der Waals surface area contributed by atoms with Gasteiger partial charge in [0.15, 0.2) is 28.8 Å².